The van der Waals surface area contributed by atoms with Crippen LogP contribution in [0.15, 0.2) is 40.7 Å². The van der Waals surface area contributed by atoms with E-state index < -0.39 is 11.6 Å². The first-order valence-electron chi connectivity index (χ1n) is 9.98. The Morgan fingerprint density at radius 3 is 2.57 bits per heavy atom. The van der Waals surface area contributed by atoms with E-state index in [1.165, 1.54) is 17.0 Å². The molecule has 0 radical (unpaired) electrons. The number of hydrogen-bond acceptors (Lipinski definition) is 4. The third-order valence-corrected chi connectivity index (χ3v) is 5.73. The minimum atomic E-state index is -0.551. The van der Waals surface area contributed by atoms with Gasteiger partial charge in [0, 0.05) is 37.1 Å². The third kappa shape index (κ3) is 7.75. The zero-order chi connectivity index (χ0) is 20.5. The van der Waals surface area contributed by atoms with Crippen LogP contribution < -0.4 is 10.6 Å². The van der Waals surface area contributed by atoms with Crippen LogP contribution in [-0.4, -0.2) is 56.8 Å². The highest BCUT2D eigenvalue weighted by Crippen LogP contribution is 2.26. The van der Waals surface area contributed by atoms with E-state index in [0.29, 0.717) is 31.0 Å². The highest BCUT2D eigenvalue weighted by atomic mass is 127. The molecule has 1 atom stereocenters. The largest absolute Gasteiger partial charge is 0.379 e. The van der Waals surface area contributed by atoms with Crippen molar-refractivity contribution < 1.29 is 13.5 Å². The molecule has 30 heavy (non-hydrogen) atoms. The molecule has 0 spiro atoms. The van der Waals surface area contributed by atoms with Gasteiger partial charge in [-0.05, 0) is 42.5 Å². The molecule has 0 aliphatic carbocycles. The lowest BCUT2D eigenvalue weighted by atomic mass is 10.1. The van der Waals surface area contributed by atoms with Crippen molar-refractivity contribution in [1.29, 1.82) is 0 Å². The van der Waals surface area contributed by atoms with Gasteiger partial charge in [0.15, 0.2) is 5.96 Å². The van der Waals surface area contributed by atoms with Gasteiger partial charge in [0.1, 0.15) is 11.6 Å². The van der Waals surface area contributed by atoms with Crippen LogP contribution >= 0.6 is 35.3 Å². The summed E-state index contributed by atoms with van der Waals surface area (Å²) in [6.07, 6.45) is 0.511. The zero-order valence-corrected chi connectivity index (χ0v) is 20.2. The van der Waals surface area contributed by atoms with Gasteiger partial charge in [0.25, 0.3) is 0 Å². The Morgan fingerprint density at radius 1 is 1.20 bits per heavy atom. The summed E-state index contributed by atoms with van der Waals surface area (Å²) in [7, 11) is 0. The lowest BCUT2D eigenvalue weighted by Crippen LogP contribution is -2.42. The summed E-state index contributed by atoms with van der Waals surface area (Å²) < 4.78 is 32.2. The molecular formula is C21H29F2IN4OS. The van der Waals surface area contributed by atoms with Gasteiger partial charge in [-0.1, -0.05) is 6.07 Å². The van der Waals surface area contributed by atoms with E-state index in [1.807, 2.05) is 6.92 Å². The number of benzene rings is 1. The summed E-state index contributed by atoms with van der Waals surface area (Å²) in [5.41, 5.74) is 0.621. The number of morpholine rings is 1. The molecule has 0 bridgehead atoms. The van der Waals surface area contributed by atoms with E-state index in [4.69, 9.17) is 9.73 Å². The van der Waals surface area contributed by atoms with Crippen LogP contribution in [0.2, 0.25) is 0 Å². The van der Waals surface area contributed by atoms with Crippen molar-refractivity contribution in [3.05, 3.63) is 57.8 Å². The van der Waals surface area contributed by atoms with Gasteiger partial charge in [0.2, 0.25) is 0 Å². The SMILES string of the molecule is CCNC(=NCC(c1cccs1)N1CCOCC1)NCCc1cc(F)cc(F)c1.I. The second kappa shape index (κ2) is 13.2. The van der Waals surface area contributed by atoms with Crippen LogP contribution in [0, 0.1) is 11.6 Å². The molecule has 2 aromatic rings. The number of nitrogens with one attached hydrogen (secondary N) is 2. The molecule has 1 aliphatic rings. The van der Waals surface area contributed by atoms with Crippen molar-refractivity contribution in [3.8, 4) is 0 Å². The van der Waals surface area contributed by atoms with E-state index in [-0.39, 0.29) is 30.0 Å². The minimum absolute atomic E-state index is 0. The molecule has 1 aromatic heterocycles. The molecule has 2 heterocycles. The van der Waals surface area contributed by atoms with Gasteiger partial charge in [-0.3, -0.25) is 9.89 Å². The highest BCUT2D eigenvalue weighted by molar-refractivity contribution is 14.0. The number of nitrogens with zero attached hydrogens (tertiary/aromatic N) is 2. The van der Waals surface area contributed by atoms with Gasteiger partial charge < -0.3 is 15.4 Å². The van der Waals surface area contributed by atoms with Gasteiger partial charge >= 0.3 is 0 Å². The molecule has 1 aromatic carbocycles. The van der Waals surface area contributed by atoms with E-state index in [9.17, 15) is 8.78 Å². The van der Waals surface area contributed by atoms with Crippen LogP contribution in [0.3, 0.4) is 0 Å². The van der Waals surface area contributed by atoms with Crippen molar-refractivity contribution in [1.82, 2.24) is 15.5 Å². The Hall–Kier alpha value is -1.30. The Morgan fingerprint density at radius 2 is 1.93 bits per heavy atom. The number of rotatable bonds is 8. The summed E-state index contributed by atoms with van der Waals surface area (Å²) in [6.45, 7) is 7.20. The standard InChI is InChI=1S/C21H28F2N4OS.HI/c1-2-24-21(25-6-5-16-12-17(22)14-18(23)13-16)26-15-19(20-4-3-11-29-20)27-7-9-28-10-8-27;/h3-4,11-14,19H,2,5-10,15H2,1H3,(H2,24,25,26);1H. The molecule has 0 saturated carbocycles. The summed E-state index contributed by atoms with van der Waals surface area (Å²) in [5, 5.41) is 8.60. The van der Waals surface area contributed by atoms with Crippen molar-refractivity contribution in [2.75, 3.05) is 45.9 Å². The molecule has 2 N–H and O–H groups in total. The van der Waals surface area contributed by atoms with E-state index in [1.54, 1.807) is 11.3 Å². The highest BCUT2D eigenvalue weighted by Gasteiger charge is 2.23. The van der Waals surface area contributed by atoms with Crippen molar-refractivity contribution in [2.45, 2.75) is 19.4 Å². The monoisotopic (exact) mass is 550 g/mol. The average Bonchev–Trinajstić information content (AvgIpc) is 3.23. The fourth-order valence-corrected chi connectivity index (χ4v) is 4.21. The number of thiophene rings is 1. The first-order valence-corrected chi connectivity index (χ1v) is 10.9. The molecule has 5 nitrogen and oxygen atoms in total. The number of halogens is 3. The lowest BCUT2D eigenvalue weighted by molar-refractivity contribution is 0.0186. The Labute approximate surface area is 197 Å². The van der Waals surface area contributed by atoms with Gasteiger partial charge in [-0.25, -0.2) is 8.78 Å². The summed E-state index contributed by atoms with van der Waals surface area (Å²) in [4.78, 5) is 8.49. The van der Waals surface area contributed by atoms with Crippen LogP contribution in [0.4, 0.5) is 8.78 Å². The molecule has 1 fully saturated rings. The van der Waals surface area contributed by atoms with Crippen LogP contribution in [-0.2, 0) is 11.2 Å². The number of ether oxygens (including phenoxy) is 1. The maximum Gasteiger partial charge on any atom is 0.191 e. The van der Waals surface area contributed by atoms with Crippen molar-refractivity contribution in [2.24, 2.45) is 4.99 Å². The summed E-state index contributed by atoms with van der Waals surface area (Å²) in [5.74, 6) is -0.395. The fourth-order valence-electron chi connectivity index (χ4n) is 3.36. The van der Waals surface area contributed by atoms with Crippen LogP contribution in [0.1, 0.15) is 23.4 Å². The number of hydrogen-bond donors (Lipinski definition) is 2. The minimum Gasteiger partial charge on any atom is -0.379 e. The second-order valence-corrected chi connectivity index (χ2v) is 7.83. The van der Waals surface area contributed by atoms with E-state index in [0.717, 1.165) is 38.9 Å². The summed E-state index contributed by atoms with van der Waals surface area (Å²) in [6, 6.07) is 8.04. The van der Waals surface area contributed by atoms with E-state index >= 15 is 0 Å². The molecule has 166 valence electrons. The molecule has 1 saturated heterocycles. The molecule has 0 amide bonds. The second-order valence-electron chi connectivity index (χ2n) is 6.85. The summed E-state index contributed by atoms with van der Waals surface area (Å²) >= 11 is 1.74. The maximum absolute atomic E-state index is 13.3. The predicted molar refractivity (Wildman–Crippen MR) is 129 cm³/mol. The van der Waals surface area contributed by atoms with Crippen LogP contribution in [0.25, 0.3) is 0 Å². The molecule has 1 aliphatic heterocycles. The first kappa shape index (κ1) is 25.0. The maximum atomic E-state index is 13.3. The smallest absolute Gasteiger partial charge is 0.191 e. The average molecular weight is 550 g/mol. The van der Waals surface area contributed by atoms with Crippen molar-refractivity contribution >= 4 is 41.3 Å². The third-order valence-electron chi connectivity index (χ3n) is 4.75. The Balaban J connectivity index is 0.00000320. The molecule has 3 rings (SSSR count). The Bertz CT molecular complexity index is 765. The normalized spacial score (nSPS) is 16.0. The molecule has 9 heteroatoms. The Kier molecular flexibility index (Phi) is 11.0. The fraction of sp³-hybridized carbons (Fsp3) is 0.476. The van der Waals surface area contributed by atoms with Crippen LogP contribution in [0.5, 0.6) is 0 Å². The quantitative estimate of drug-likeness (QED) is 0.298. The van der Waals surface area contributed by atoms with Gasteiger partial charge in [-0.2, -0.15) is 0 Å². The number of aliphatic imine (C=N–C) groups is 1. The topological polar surface area (TPSA) is 48.9 Å². The van der Waals surface area contributed by atoms with Crippen molar-refractivity contribution in [3.63, 3.8) is 0 Å². The molecular weight excluding hydrogens is 521 g/mol. The zero-order valence-electron chi connectivity index (χ0n) is 17.1. The van der Waals surface area contributed by atoms with Gasteiger partial charge in [0.05, 0.1) is 25.8 Å². The van der Waals surface area contributed by atoms with E-state index in [2.05, 4.69) is 33.0 Å². The first-order chi connectivity index (χ1) is 14.2. The number of guanidine groups is 1. The lowest BCUT2D eigenvalue weighted by Gasteiger charge is -2.33. The molecule has 1 unspecified atom stereocenters. The predicted octanol–water partition coefficient (Wildman–Crippen LogP) is 3.82. The van der Waals surface area contributed by atoms with Gasteiger partial charge in [-0.15, -0.1) is 35.3 Å².